The van der Waals surface area contributed by atoms with Crippen LogP contribution in [0, 0.1) is 5.92 Å². The standard InChI is InChI=1S/C19H30N2O5S2/c1-14(2)13-27(23,24)17-11-21(12-17)18(22)10-20-28(25,26)16-8-6-15(7-9-16)19(3,4)5/h6-9,14,17,20H,10-13H2,1-5H3. The molecule has 1 fully saturated rings. The molecule has 1 aromatic rings. The van der Waals surface area contributed by atoms with Crippen molar-refractivity contribution in [2.75, 3.05) is 25.4 Å². The average Bonchev–Trinajstić information content (AvgIpc) is 2.49. The summed E-state index contributed by atoms with van der Waals surface area (Å²) in [6, 6.07) is 6.56. The Bertz CT molecular complexity index is 908. The van der Waals surface area contributed by atoms with Crippen molar-refractivity contribution in [2.45, 2.75) is 50.2 Å². The molecule has 0 bridgehead atoms. The lowest BCUT2D eigenvalue weighted by Crippen LogP contribution is -2.59. The van der Waals surface area contributed by atoms with Crippen LogP contribution in [0.1, 0.15) is 40.2 Å². The first-order chi connectivity index (χ1) is 12.7. The highest BCUT2D eigenvalue weighted by Gasteiger charge is 2.39. The average molecular weight is 431 g/mol. The Morgan fingerprint density at radius 2 is 1.64 bits per heavy atom. The van der Waals surface area contributed by atoms with Crippen LogP contribution in [-0.2, 0) is 30.1 Å². The van der Waals surface area contributed by atoms with E-state index in [0.717, 1.165) is 5.56 Å². The predicted molar refractivity (Wildman–Crippen MR) is 109 cm³/mol. The van der Waals surface area contributed by atoms with E-state index in [-0.39, 0.29) is 41.6 Å². The molecule has 1 N–H and O–H groups in total. The van der Waals surface area contributed by atoms with Crippen LogP contribution in [0.25, 0.3) is 0 Å². The second-order valence-corrected chi connectivity index (χ2v) is 12.8. The molecule has 0 aliphatic carbocycles. The maximum Gasteiger partial charge on any atom is 0.241 e. The number of benzene rings is 1. The third-order valence-corrected chi connectivity index (χ3v) is 8.58. The van der Waals surface area contributed by atoms with Gasteiger partial charge in [0.25, 0.3) is 0 Å². The van der Waals surface area contributed by atoms with Crippen LogP contribution in [-0.4, -0.2) is 58.3 Å². The molecule has 7 nitrogen and oxygen atoms in total. The van der Waals surface area contributed by atoms with E-state index in [9.17, 15) is 21.6 Å². The van der Waals surface area contributed by atoms with Gasteiger partial charge in [-0.1, -0.05) is 46.8 Å². The van der Waals surface area contributed by atoms with E-state index in [0.29, 0.717) is 0 Å². The Morgan fingerprint density at radius 1 is 1.11 bits per heavy atom. The topological polar surface area (TPSA) is 101 Å². The summed E-state index contributed by atoms with van der Waals surface area (Å²) in [4.78, 5) is 13.6. The third-order valence-electron chi connectivity index (χ3n) is 4.72. The van der Waals surface area contributed by atoms with Gasteiger partial charge in [0, 0.05) is 13.1 Å². The molecule has 28 heavy (non-hydrogen) atoms. The normalized spacial score (nSPS) is 16.3. The molecular weight excluding hydrogens is 400 g/mol. The van der Waals surface area contributed by atoms with Crippen molar-refractivity contribution in [3.63, 3.8) is 0 Å². The summed E-state index contributed by atoms with van der Waals surface area (Å²) in [5, 5.41) is -0.555. The van der Waals surface area contributed by atoms with Gasteiger partial charge in [-0.25, -0.2) is 21.6 Å². The van der Waals surface area contributed by atoms with E-state index in [1.54, 1.807) is 12.1 Å². The van der Waals surface area contributed by atoms with E-state index in [4.69, 9.17) is 0 Å². The molecule has 0 radical (unpaired) electrons. The van der Waals surface area contributed by atoms with Crippen LogP contribution in [0.15, 0.2) is 29.2 Å². The minimum Gasteiger partial charge on any atom is -0.339 e. The Balaban J connectivity index is 1.91. The van der Waals surface area contributed by atoms with Gasteiger partial charge in [-0.05, 0) is 29.0 Å². The maximum absolute atomic E-state index is 12.4. The second kappa shape index (κ2) is 8.12. The molecule has 1 saturated heterocycles. The summed E-state index contributed by atoms with van der Waals surface area (Å²) in [7, 11) is -7.03. The van der Waals surface area contributed by atoms with Gasteiger partial charge >= 0.3 is 0 Å². The zero-order chi connectivity index (χ0) is 21.3. The van der Waals surface area contributed by atoms with Crippen LogP contribution in [0.5, 0.6) is 0 Å². The smallest absolute Gasteiger partial charge is 0.241 e. The summed E-state index contributed by atoms with van der Waals surface area (Å²) in [5.74, 6) is -0.297. The fourth-order valence-electron chi connectivity index (χ4n) is 2.96. The molecule has 0 aromatic heterocycles. The van der Waals surface area contributed by atoms with Crippen molar-refractivity contribution in [2.24, 2.45) is 5.92 Å². The maximum atomic E-state index is 12.4. The van der Waals surface area contributed by atoms with Gasteiger partial charge in [-0.3, -0.25) is 4.79 Å². The number of sulfone groups is 1. The Hall–Kier alpha value is -1.45. The van der Waals surface area contributed by atoms with Gasteiger partial charge in [0.2, 0.25) is 15.9 Å². The largest absolute Gasteiger partial charge is 0.339 e. The molecule has 1 amide bonds. The number of nitrogens with zero attached hydrogens (tertiary/aromatic N) is 1. The third kappa shape index (κ3) is 5.55. The summed E-state index contributed by atoms with van der Waals surface area (Å²) < 4.78 is 51.4. The molecule has 1 aliphatic heterocycles. The molecule has 1 aromatic carbocycles. The molecule has 0 spiro atoms. The molecule has 9 heteroatoms. The van der Waals surface area contributed by atoms with E-state index in [1.165, 1.54) is 17.0 Å². The lowest BCUT2D eigenvalue weighted by Gasteiger charge is -2.39. The first kappa shape index (κ1) is 22.8. The summed E-state index contributed by atoms with van der Waals surface area (Å²) in [6.07, 6.45) is 0. The molecule has 0 atom stereocenters. The molecular formula is C19H30N2O5S2. The van der Waals surface area contributed by atoms with Gasteiger partial charge in [0.1, 0.15) is 0 Å². The summed E-state index contributed by atoms with van der Waals surface area (Å²) in [6.45, 7) is 9.63. The Morgan fingerprint density at radius 3 is 2.11 bits per heavy atom. The van der Waals surface area contributed by atoms with Gasteiger partial charge in [0.15, 0.2) is 9.84 Å². The highest BCUT2D eigenvalue weighted by molar-refractivity contribution is 7.92. The second-order valence-electron chi connectivity index (χ2n) is 8.74. The Kier molecular flexibility index (Phi) is 6.62. The minimum atomic E-state index is -3.81. The number of carbonyl (C=O) groups excluding carboxylic acids is 1. The van der Waals surface area contributed by atoms with Gasteiger partial charge < -0.3 is 4.90 Å². The van der Waals surface area contributed by atoms with Gasteiger partial charge in [-0.2, -0.15) is 0 Å². The quantitative estimate of drug-likeness (QED) is 0.707. The van der Waals surface area contributed by atoms with E-state index >= 15 is 0 Å². The first-order valence-corrected chi connectivity index (χ1v) is 12.5. The number of nitrogens with one attached hydrogen (secondary N) is 1. The lowest BCUT2D eigenvalue weighted by atomic mass is 9.87. The van der Waals surface area contributed by atoms with Crippen molar-refractivity contribution in [3.8, 4) is 0 Å². The molecule has 1 aliphatic rings. The molecule has 0 saturated carbocycles. The molecule has 0 unspecified atom stereocenters. The van der Waals surface area contributed by atoms with E-state index in [1.807, 2.05) is 34.6 Å². The minimum absolute atomic E-state index is 0.0335. The van der Waals surface area contributed by atoms with Crippen LogP contribution >= 0.6 is 0 Å². The van der Waals surface area contributed by atoms with Crippen LogP contribution in [0.3, 0.4) is 0 Å². The fourth-order valence-corrected chi connectivity index (χ4v) is 5.95. The summed E-state index contributed by atoms with van der Waals surface area (Å²) >= 11 is 0. The molecule has 158 valence electrons. The van der Waals surface area contributed by atoms with Gasteiger partial charge in [0.05, 0.1) is 22.4 Å². The zero-order valence-electron chi connectivity index (χ0n) is 17.1. The first-order valence-electron chi connectivity index (χ1n) is 9.32. The van der Waals surface area contributed by atoms with Crippen LogP contribution in [0.2, 0.25) is 0 Å². The van der Waals surface area contributed by atoms with Crippen molar-refractivity contribution in [3.05, 3.63) is 29.8 Å². The number of rotatable bonds is 7. The zero-order valence-corrected chi connectivity index (χ0v) is 18.7. The monoisotopic (exact) mass is 430 g/mol. The van der Waals surface area contributed by atoms with Crippen LogP contribution in [0.4, 0.5) is 0 Å². The number of amides is 1. The number of carbonyl (C=O) groups is 1. The molecule has 1 heterocycles. The number of sulfonamides is 1. The van der Waals surface area contributed by atoms with Crippen molar-refractivity contribution < 1.29 is 21.6 Å². The van der Waals surface area contributed by atoms with Crippen molar-refractivity contribution in [1.82, 2.24) is 9.62 Å². The van der Waals surface area contributed by atoms with E-state index < -0.39 is 31.0 Å². The lowest BCUT2D eigenvalue weighted by molar-refractivity contribution is -0.133. The SMILES string of the molecule is CC(C)CS(=O)(=O)C1CN(C(=O)CNS(=O)(=O)c2ccc(C(C)(C)C)cc2)C1. The van der Waals surface area contributed by atoms with Crippen LogP contribution < -0.4 is 4.72 Å². The number of hydrogen-bond acceptors (Lipinski definition) is 5. The highest BCUT2D eigenvalue weighted by Crippen LogP contribution is 2.23. The number of likely N-dealkylation sites (tertiary alicyclic amines) is 1. The Labute approximate surface area is 168 Å². The molecule has 2 rings (SSSR count). The number of hydrogen-bond donors (Lipinski definition) is 1. The fraction of sp³-hybridized carbons (Fsp3) is 0.632. The summed E-state index contributed by atoms with van der Waals surface area (Å²) in [5.41, 5.74) is 0.923. The predicted octanol–water partition coefficient (Wildman–Crippen LogP) is 1.54. The van der Waals surface area contributed by atoms with Crippen molar-refractivity contribution >= 4 is 25.8 Å². The van der Waals surface area contributed by atoms with Crippen molar-refractivity contribution in [1.29, 1.82) is 0 Å². The van der Waals surface area contributed by atoms with Gasteiger partial charge in [-0.15, -0.1) is 0 Å². The highest BCUT2D eigenvalue weighted by atomic mass is 32.2. The van der Waals surface area contributed by atoms with E-state index in [2.05, 4.69) is 4.72 Å².